The highest BCUT2D eigenvalue weighted by molar-refractivity contribution is 5.73. The Kier molecular flexibility index (Phi) is 24.0. The Morgan fingerprint density at radius 1 is 0.487 bits per heavy atom. The van der Waals surface area contributed by atoms with Crippen molar-refractivity contribution in [1.82, 2.24) is 0 Å². The largest absolute Gasteiger partial charge is 0.466 e. The summed E-state index contributed by atoms with van der Waals surface area (Å²) >= 11 is 0. The van der Waals surface area contributed by atoms with E-state index in [9.17, 15) is 9.59 Å². The van der Waals surface area contributed by atoms with Crippen molar-refractivity contribution < 1.29 is 19.1 Å². The third-order valence-corrected chi connectivity index (χ3v) is 8.09. The van der Waals surface area contributed by atoms with E-state index in [1.54, 1.807) is 0 Å². The molecule has 2 atom stereocenters. The van der Waals surface area contributed by atoms with Gasteiger partial charge in [0.15, 0.2) is 0 Å². The summed E-state index contributed by atoms with van der Waals surface area (Å²) in [4.78, 5) is 24.9. The van der Waals surface area contributed by atoms with Crippen LogP contribution < -0.4 is 0 Å². The number of carbonyl (C=O) groups is 2. The summed E-state index contributed by atoms with van der Waals surface area (Å²) in [6.45, 7) is 19.1. The number of unbranched alkanes of at least 4 members (excludes halogenated alkanes) is 10. The van der Waals surface area contributed by atoms with Gasteiger partial charge in [-0.1, -0.05) is 132 Å². The van der Waals surface area contributed by atoms with Crippen LogP contribution in [0.3, 0.4) is 0 Å². The average Bonchev–Trinajstić information content (AvgIpc) is 2.85. The Bertz CT molecular complexity index is 581. The van der Waals surface area contributed by atoms with Gasteiger partial charge in [0.1, 0.15) is 0 Å². The molecular formula is C35H68O4. The minimum absolute atomic E-state index is 0.000425. The number of esters is 2. The van der Waals surface area contributed by atoms with Gasteiger partial charge < -0.3 is 9.47 Å². The van der Waals surface area contributed by atoms with Crippen molar-refractivity contribution in [3.8, 4) is 0 Å². The highest BCUT2D eigenvalue weighted by Gasteiger charge is 2.33. The Labute approximate surface area is 244 Å². The zero-order valence-corrected chi connectivity index (χ0v) is 27.5. The fraction of sp³-hybridized carbons (Fsp3) is 0.943. The van der Waals surface area contributed by atoms with Crippen LogP contribution in [0.25, 0.3) is 0 Å². The van der Waals surface area contributed by atoms with E-state index < -0.39 is 0 Å². The van der Waals surface area contributed by atoms with Gasteiger partial charge in [0, 0.05) is 6.42 Å². The van der Waals surface area contributed by atoms with Crippen LogP contribution in [0.4, 0.5) is 0 Å². The quantitative estimate of drug-likeness (QED) is 0.0791. The van der Waals surface area contributed by atoms with Crippen LogP contribution in [0.2, 0.25) is 0 Å². The van der Waals surface area contributed by atoms with Crippen molar-refractivity contribution in [2.45, 2.75) is 165 Å². The monoisotopic (exact) mass is 553 g/mol. The Balaban J connectivity index is 4.03. The summed E-state index contributed by atoms with van der Waals surface area (Å²) in [7, 11) is 0. The normalized spacial score (nSPS) is 13.4. The van der Waals surface area contributed by atoms with Crippen LogP contribution in [0, 0.1) is 35.5 Å². The molecule has 232 valence electrons. The van der Waals surface area contributed by atoms with E-state index >= 15 is 0 Å². The molecule has 0 aliphatic rings. The predicted octanol–water partition coefficient (Wildman–Crippen LogP) is 10.6. The predicted molar refractivity (Wildman–Crippen MR) is 167 cm³/mol. The molecule has 4 heteroatoms. The molecule has 39 heavy (non-hydrogen) atoms. The molecule has 0 saturated heterocycles. The fourth-order valence-corrected chi connectivity index (χ4v) is 5.59. The molecule has 0 radical (unpaired) electrons. The van der Waals surface area contributed by atoms with Gasteiger partial charge in [0.05, 0.1) is 19.1 Å². The molecule has 0 aliphatic heterocycles. The first kappa shape index (κ1) is 37.9. The second kappa shape index (κ2) is 24.7. The molecule has 0 bridgehead atoms. The van der Waals surface area contributed by atoms with Crippen molar-refractivity contribution in [3.05, 3.63) is 0 Å². The zero-order valence-electron chi connectivity index (χ0n) is 27.5. The Morgan fingerprint density at radius 3 is 1.41 bits per heavy atom. The Hall–Kier alpha value is -1.06. The van der Waals surface area contributed by atoms with E-state index in [0.29, 0.717) is 37.4 Å². The van der Waals surface area contributed by atoms with Gasteiger partial charge in [-0.2, -0.15) is 0 Å². The molecule has 4 nitrogen and oxygen atoms in total. The van der Waals surface area contributed by atoms with Gasteiger partial charge in [-0.25, -0.2) is 0 Å². The minimum Gasteiger partial charge on any atom is -0.466 e. The topological polar surface area (TPSA) is 52.6 Å². The van der Waals surface area contributed by atoms with Crippen LogP contribution in [0.5, 0.6) is 0 Å². The first-order valence-corrected chi connectivity index (χ1v) is 16.9. The van der Waals surface area contributed by atoms with Crippen LogP contribution in [-0.4, -0.2) is 25.2 Å². The summed E-state index contributed by atoms with van der Waals surface area (Å²) < 4.78 is 11.2. The number of hydrogen-bond donors (Lipinski definition) is 0. The molecule has 0 N–H and O–H groups in total. The van der Waals surface area contributed by atoms with Crippen molar-refractivity contribution in [3.63, 3.8) is 0 Å². The van der Waals surface area contributed by atoms with Crippen molar-refractivity contribution >= 4 is 11.9 Å². The smallest absolute Gasteiger partial charge is 0.309 e. The van der Waals surface area contributed by atoms with E-state index in [-0.39, 0.29) is 17.9 Å². The molecule has 0 rings (SSSR count). The van der Waals surface area contributed by atoms with E-state index in [1.807, 2.05) is 0 Å². The molecule has 0 aliphatic carbocycles. The third-order valence-electron chi connectivity index (χ3n) is 8.09. The molecule has 0 fully saturated rings. The second-order valence-electron chi connectivity index (χ2n) is 13.6. The highest BCUT2D eigenvalue weighted by atomic mass is 16.5. The molecule has 0 amide bonds. The van der Waals surface area contributed by atoms with E-state index in [0.717, 1.165) is 56.8 Å². The molecule has 0 saturated carbocycles. The minimum atomic E-state index is -0.0250. The molecule has 2 unspecified atom stereocenters. The fourth-order valence-electron chi connectivity index (χ4n) is 5.59. The van der Waals surface area contributed by atoms with Gasteiger partial charge >= 0.3 is 11.9 Å². The van der Waals surface area contributed by atoms with Crippen molar-refractivity contribution in [2.24, 2.45) is 35.5 Å². The average molecular weight is 553 g/mol. The second-order valence-corrected chi connectivity index (χ2v) is 13.6. The maximum Gasteiger partial charge on any atom is 0.309 e. The van der Waals surface area contributed by atoms with Crippen LogP contribution in [0.15, 0.2) is 0 Å². The first-order chi connectivity index (χ1) is 18.6. The molecular weight excluding hydrogens is 484 g/mol. The van der Waals surface area contributed by atoms with Crippen molar-refractivity contribution in [2.75, 3.05) is 13.2 Å². The van der Waals surface area contributed by atoms with Gasteiger partial charge in [-0.15, -0.1) is 0 Å². The summed E-state index contributed by atoms with van der Waals surface area (Å²) in [6.07, 6.45) is 19.0. The summed E-state index contributed by atoms with van der Waals surface area (Å²) in [6, 6.07) is 0. The lowest BCUT2D eigenvalue weighted by molar-refractivity contribution is -0.153. The van der Waals surface area contributed by atoms with Gasteiger partial charge in [-0.3, -0.25) is 9.59 Å². The number of ether oxygens (including phenoxy) is 2. The van der Waals surface area contributed by atoms with Crippen molar-refractivity contribution in [1.29, 1.82) is 0 Å². The maximum absolute atomic E-state index is 13.0. The summed E-state index contributed by atoms with van der Waals surface area (Å²) in [5, 5.41) is 0. The van der Waals surface area contributed by atoms with Crippen LogP contribution in [0.1, 0.15) is 165 Å². The number of rotatable bonds is 26. The van der Waals surface area contributed by atoms with E-state index in [4.69, 9.17) is 9.47 Å². The van der Waals surface area contributed by atoms with E-state index in [2.05, 4.69) is 55.4 Å². The highest BCUT2D eigenvalue weighted by Crippen LogP contribution is 2.33. The summed E-state index contributed by atoms with van der Waals surface area (Å²) in [5.41, 5.74) is 0. The maximum atomic E-state index is 13.0. The molecule has 0 aromatic carbocycles. The molecule has 0 aromatic heterocycles. The van der Waals surface area contributed by atoms with Gasteiger partial charge in [-0.05, 0) is 55.3 Å². The standard InChI is InChI=1S/C35H68O4/c1-28(2)22-16-14-20-26-38-33(36)25-19-13-11-9-10-12-18-24-32(30(5)6)34(31(7)8)35(37)39-27-21-15-17-23-29(3)4/h28-32,34H,9-27H2,1-8H3. The Morgan fingerprint density at radius 2 is 0.923 bits per heavy atom. The lowest BCUT2D eigenvalue weighted by Crippen LogP contribution is -2.33. The first-order valence-electron chi connectivity index (χ1n) is 16.9. The molecule has 0 aromatic rings. The SMILES string of the molecule is CC(C)CCCCCOC(=O)CCCCCCCCCC(C(C)C)C(C(=O)OCCCCCC(C)C)C(C)C. The van der Waals surface area contributed by atoms with Crippen LogP contribution in [-0.2, 0) is 19.1 Å². The number of carbonyl (C=O) groups excluding carboxylic acids is 2. The molecule has 0 spiro atoms. The van der Waals surface area contributed by atoms with Gasteiger partial charge in [0.25, 0.3) is 0 Å². The zero-order chi connectivity index (χ0) is 29.5. The molecule has 0 heterocycles. The van der Waals surface area contributed by atoms with Crippen LogP contribution >= 0.6 is 0 Å². The summed E-state index contributed by atoms with van der Waals surface area (Å²) in [5.74, 6) is 2.69. The van der Waals surface area contributed by atoms with Gasteiger partial charge in [0.2, 0.25) is 0 Å². The lowest BCUT2D eigenvalue weighted by atomic mass is 9.74. The number of hydrogen-bond acceptors (Lipinski definition) is 4. The van der Waals surface area contributed by atoms with E-state index in [1.165, 1.54) is 57.8 Å². The lowest BCUT2D eigenvalue weighted by Gasteiger charge is -2.31. The third kappa shape index (κ3) is 22.3.